The first kappa shape index (κ1) is 22.6. The van der Waals surface area contributed by atoms with E-state index in [0.717, 1.165) is 36.8 Å². The second-order valence-electron chi connectivity index (χ2n) is 9.82. The van der Waals surface area contributed by atoms with Crippen LogP contribution >= 0.6 is 0 Å². The Kier molecular flexibility index (Phi) is 6.98. The van der Waals surface area contributed by atoms with Crippen LogP contribution in [-0.2, 0) is 17.6 Å². The van der Waals surface area contributed by atoms with E-state index in [1.807, 2.05) is 54.3 Å². The van der Waals surface area contributed by atoms with Gasteiger partial charge in [-0.15, -0.1) is 0 Å². The average molecular weight is 433 g/mol. The Balaban J connectivity index is 1.59. The number of aryl methyl sites for hydroxylation is 1. The maximum absolute atomic E-state index is 13.7. The van der Waals surface area contributed by atoms with Crippen molar-refractivity contribution in [2.45, 2.75) is 89.3 Å². The quantitative estimate of drug-likeness (QED) is 0.630. The highest BCUT2D eigenvalue weighted by atomic mass is 16.2. The zero-order chi connectivity index (χ0) is 22.6. The summed E-state index contributed by atoms with van der Waals surface area (Å²) in [5.41, 5.74) is 2.09. The molecule has 2 aromatic rings. The van der Waals surface area contributed by atoms with E-state index in [9.17, 15) is 9.59 Å². The number of rotatable bonds is 6. The molecule has 2 atom stereocenters. The molecule has 2 amide bonds. The van der Waals surface area contributed by atoms with Crippen LogP contribution < -0.4 is 5.32 Å². The fourth-order valence-electron chi connectivity index (χ4n) is 5.48. The number of carbonyl (C=O) groups excluding carboxylic acids is 2. The van der Waals surface area contributed by atoms with Crippen LogP contribution in [0.25, 0.3) is 0 Å². The summed E-state index contributed by atoms with van der Waals surface area (Å²) in [7, 11) is 0. The predicted octanol–water partition coefficient (Wildman–Crippen LogP) is 5.30. The molecular weight excluding hydrogens is 396 g/mol. The first-order valence-electron chi connectivity index (χ1n) is 12.3. The Labute approximate surface area is 192 Å². The minimum atomic E-state index is -0.881. The number of hydrogen-bond acceptors (Lipinski definition) is 2. The topological polar surface area (TPSA) is 49.4 Å². The molecule has 1 heterocycles. The highest BCUT2D eigenvalue weighted by Gasteiger charge is 2.48. The van der Waals surface area contributed by atoms with Crippen LogP contribution in [0.1, 0.15) is 80.3 Å². The van der Waals surface area contributed by atoms with E-state index in [2.05, 4.69) is 24.4 Å². The maximum Gasteiger partial charge on any atom is 0.255 e. The minimum Gasteiger partial charge on any atom is -0.351 e. The van der Waals surface area contributed by atoms with Gasteiger partial charge in [0.25, 0.3) is 5.91 Å². The Morgan fingerprint density at radius 3 is 2.41 bits per heavy atom. The van der Waals surface area contributed by atoms with Gasteiger partial charge < -0.3 is 10.2 Å². The van der Waals surface area contributed by atoms with Crippen LogP contribution in [-0.4, -0.2) is 34.3 Å². The van der Waals surface area contributed by atoms with Crippen LogP contribution in [0.4, 0.5) is 0 Å². The number of nitrogens with zero attached hydrogens (tertiary/aromatic N) is 1. The molecule has 1 saturated carbocycles. The summed E-state index contributed by atoms with van der Waals surface area (Å²) in [4.78, 5) is 29.3. The highest BCUT2D eigenvalue weighted by molar-refractivity contribution is 6.02. The largest absolute Gasteiger partial charge is 0.351 e. The average Bonchev–Trinajstić information content (AvgIpc) is 3.07. The van der Waals surface area contributed by atoms with Gasteiger partial charge in [0.15, 0.2) is 0 Å². The first-order valence-corrected chi connectivity index (χ1v) is 12.3. The fraction of sp³-hybridized carbons (Fsp3) is 0.500. The lowest BCUT2D eigenvalue weighted by molar-refractivity contribution is -0.133. The van der Waals surface area contributed by atoms with Crippen LogP contribution in [0, 0.1) is 0 Å². The van der Waals surface area contributed by atoms with Crippen molar-refractivity contribution < 1.29 is 9.59 Å². The molecule has 2 aliphatic rings. The molecule has 0 bridgehead atoms. The summed E-state index contributed by atoms with van der Waals surface area (Å²) in [6.45, 7) is 4.05. The Bertz CT molecular complexity index is 933. The summed E-state index contributed by atoms with van der Waals surface area (Å²) >= 11 is 0. The smallest absolute Gasteiger partial charge is 0.255 e. The second-order valence-corrected chi connectivity index (χ2v) is 9.82. The first-order chi connectivity index (χ1) is 15.5. The summed E-state index contributed by atoms with van der Waals surface area (Å²) < 4.78 is 0. The van der Waals surface area contributed by atoms with Gasteiger partial charge in [-0.1, -0.05) is 74.2 Å². The monoisotopic (exact) mass is 432 g/mol. The van der Waals surface area contributed by atoms with Crippen molar-refractivity contribution in [3.8, 4) is 0 Å². The SMILES string of the molecule is C[C@@H](CCc1ccccc1)N1C(=O)c2ccccc2C[C@@]1(C)C(=O)NC1CCCCCC1. The van der Waals surface area contributed by atoms with E-state index < -0.39 is 5.54 Å². The number of benzene rings is 2. The molecule has 4 heteroatoms. The molecule has 1 fully saturated rings. The van der Waals surface area contributed by atoms with E-state index in [1.165, 1.54) is 31.2 Å². The molecule has 0 saturated heterocycles. The van der Waals surface area contributed by atoms with Gasteiger partial charge >= 0.3 is 0 Å². The van der Waals surface area contributed by atoms with Gasteiger partial charge in [0.2, 0.25) is 5.91 Å². The molecule has 0 spiro atoms. The zero-order valence-corrected chi connectivity index (χ0v) is 19.5. The van der Waals surface area contributed by atoms with Crippen LogP contribution in [0.3, 0.4) is 0 Å². The van der Waals surface area contributed by atoms with E-state index in [4.69, 9.17) is 0 Å². The van der Waals surface area contributed by atoms with Crippen LogP contribution in [0.5, 0.6) is 0 Å². The maximum atomic E-state index is 13.7. The Hall–Kier alpha value is -2.62. The number of nitrogens with one attached hydrogen (secondary N) is 1. The molecule has 0 radical (unpaired) electrons. The number of carbonyl (C=O) groups is 2. The van der Waals surface area contributed by atoms with Gasteiger partial charge in [0, 0.05) is 24.1 Å². The minimum absolute atomic E-state index is 0.00110. The molecule has 2 aromatic carbocycles. The highest BCUT2D eigenvalue weighted by Crippen LogP contribution is 2.34. The Morgan fingerprint density at radius 2 is 1.69 bits per heavy atom. The summed E-state index contributed by atoms with van der Waals surface area (Å²) in [6, 6.07) is 18.3. The van der Waals surface area contributed by atoms with Crippen molar-refractivity contribution in [3.63, 3.8) is 0 Å². The van der Waals surface area contributed by atoms with E-state index in [1.54, 1.807) is 0 Å². The van der Waals surface area contributed by atoms with E-state index >= 15 is 0 Å². The molecule has 4 nitrogen and oxygen atoms in total. The van der Waals surface area contributed by atoms with Gasteiger partial charge in [0.05, 0.1) is 0 Å². The number of amides is 2. The molecule has 1 aliphatic heterocycles. The lowest BCUT2D eigenvalue weighted by Crippen LogP contribution is -2.65. The van der Waals surface area contributed by atoms with Crippen molar-refractivity contribution in [2.24, 2.45) is 0 Å². The van der Waals surface area contributed by atoms with Gasteiger partial charge in [-0.3, -0.25) is 9.59 Å². The summed E-state index contributed by atoms with van der Waals surface area (Å²) in [6.07, 6.45) is 9.17. The molecule has 1 aliphatic carbocycles. The third-order valence-corrected chi connectivity index (χ3v) is 7.35. The lowest BCUT2D eigenvalue weighted by atomic mass is 9.81. The zero-order valence-electron chi connectivity index (χ0n) is 19.5. The van der Waals surface area contributed by atoms with Gasteiger partial charge in [-0.05, 0) is 56.7 Å². The van der Waals surface area contributed by atoms with Crippen molar-refractivity contribution in [1.29, 1.82) is 0 Å². The van der Waals surface area contributed by atoms with Crippen molar-refractivity contribution in [3.05, 3.63) is 71.3 Å². The van der Waals surface area contributed by atoms with E-state index in [-0.39, 0.29) is 23.9 Å². The van der Waals surface area contributed by atoms with Crippen LogP contribution in [0.2, 0.25) is 0 Å². The van der Waals surface area contributed by atoms with E-state index in [0.29, 0.717) is 6.42 Å². The van der Waals surface area contributed by atoms with Crippen molar-refractivity contribution >= 4 is 11.8 Å². The van der Waals surface area contributed by atoms with Gasteiger partial charge in [-0.25, -0.2) is 0 Å². The van der Waals surface area contributed by atoms with Crippen molar-refractivity contribution in [1.82, 2.24) is 10.2 Å². The fourth-order valence-corrected chi connectivity index (χ4v) is 5.48. The standard InChI is InChI=1S/C28H36N2O2/c1-21(18-19-22-12-6-5-7-13-22)30-26(31)25-17-11-10-14-23(25)20-28(30,2)27(32)29-24-15-8-3-4-9-16-24/h5-7,10-14,17,21,24H,3-4,8-9,15-16,18-20H2,1-2H3,(H,29,32)/t21-,28-/m0/s1. The third kappa shape index (κ3) is 4.74. The van der Waals surface area contributed by atoms with Crippen LogP contribution in [0.15, 0.2) is 54.6 Å². The molecule has 170 valence electrons. The molecule has 32 heavy (non-hydrogen) atoms. The summed E-state index contributed by atoms with van der Waals surface area (Å²) in [5, 5.41) is 3.35. The molecular formula is C28H36N2O2. The third-order valence-electron chi connectivity index (χ3n) is 7.35. The predicted molar refractivity (Wildman–Crippen MR) is 129 cm³/mol. The molecule has 0 aromatic heterocycles. The van der Waals surface area contributed by atoms with Crippen molar-refractivity contribution in [2.75, 3.05) is 0 Å². The van der Waals surface area contributed by atoms with Gasteiger partial charge in [0.1, 0.15) is 5.54 Å². The number of fused-ring (bicyclic) bond motifs is 1. The summed E-state index contributed by atoms with van der Waals surface area (Å²) in [5.74, 6) is -0.0234. The molecule has 0 unspecified atom stereocenters. The Morgan fingerprint density at radius 1 is 1.03 bits per heavy atom. The normalized spacial score (nSPS) is 22.7. The lowest BCUT2D eigenvalue weighted by Gasteiger charge is -2.47. The molecule has 1 N–H and O–H groups in total. The van der Waals surface area contributed by atoms with Gasteiger partial charge in [-0.2, -0.15) is 0 Å². The second kappa shape index (κ2) is 9.89. The number of hydrogen-bond donors (Lipinski definition) is 1. The molecule has 4 rings (SSSR count).